The second-order valence-electron chi connectivity index (χ2n) is 6.66. The first kappa shape index (κ1) is 19.4. The number of halogens is 2. The van der Waals surface area contributed by atoms with Crippen LogP contribution in [0.3, 0.4) is 0 Å². The van der Waals surface area contributed by atoms with Crippen LogP contribution in [0.2, 0.25) is 10.0 Å². The number of aromatic nitrogens is 2. The predicted octanol–water partition coefficient (Wildman–Crippen LogP) is 5.72. The van der Waals surface area contributed by atoms with Crippen LogP contribution in [0, 0.1) is 0 Å². The summed E-state index contributed by atoms with van der Waals surface area (Å²) in [6, 6.07) is 13.4. The topological polar surface area (TPSA) is 59.3 Å². The minimum absolute atomic E-state index is 0.223. The highest BCUT2D eigenvalue weighted by atomic mass is 35.5. The average Bonchev–Trinajstić information content (AvgIpc) is 3.05. The Morgan fingerprint density at radius 2 is 1.79 bits per heavy atom. The second-order valence-corrected chi connectivity index (χ2v) is 7.48. The van der Waals surface area contributed by atoms with E-state index in [0.717, 1.165) is 27.8 Å². The molecule has 148 valence electrons. The maximum Gasteiger partial charge on any atom is 0.118 e. The van der Waals surface area contributed by atoms with Crippen molar-refractivity contribution < 1.29 is 9.84 Å². The van der Waals surface area contributed by atoms with Crippen molar-refractivity contribution in [3.05, 3.63) is 82.2 Å². The molecule has 0 aliphatic rings. The number of aromatic hydroxyl groups is 1. The average molecular weight is 428 g/mol. The van der Waals surface area contributed by atoms with Crippen LogP contribution >= 0.6 is 23.2 Å². The van der Waals surface area contributed by atoms with Crippen LogP contribution < -0.4 is 10.1 Å². The van der Waals surface area contributed by atoms with Crippen LogP contribution in [-0.4, -0.2) is 21.8 Å². The minimum atomic E-state index is 0.223. The summed E-state index contributed by atoms with van der Waals surface area (Å²) in [6.07, 6.45) is 5.17. The van der Waals surface area contributed by atoms with E-state index in [1.54, 1.807) is 31.6 Å². The number of methoxy groups -OCH3 is 1. The summed E-state index contributed by atoms with van der Waals surface area (Å²) in [5.74, 6) is 1.05. The van der Waals surface area contributed by atoms with Gasteiger partial charge < -0.3 is 19.7 Å². The van der Waals surface area contributed by atoms with Crippen LogP contribution in [0.5, 0.6) is 11.5 Å². The molecule has 0 radical (unpaired) electrons. The SMILES string of the molecule is COc1ccc(Cn2cc(CNc3c(Cl)cncc3Cl)c3cc(O)ccc32)cc1. The normalized spacial score (nSPS) is 11.0. The van der Waals surface area contributed by atoms with Crippen molar-refractivity contribution in [1.82, 2.24) is 9.55 Å². The maximum atomic E-state index is 9.99. The number of phenols is 1. The van der Waals surface area contributed by atoms with E-state index in [0.29, 0.717) is 28.8 Å². The summed E-state index contributed by atoms with van der Waals surface area (Å²) < 4.78 is 7.39. The Morgan fingerprint density at radius 3 is 2.48 bits per heavy atom. The molecule has 2 aromatic heterocycles. The van der Waals surface area contributed by atoms with Crippen LogP contribution in [0.15, 0.2) is 61.1 Å². The Bertz CT molecular complexity index is 1140. The minimum Gasteiger partial charge on any atom is -0.508 e. The molecule has 0 spiro atoms. The van der Waals surface area contributed by atoms with Gasteiger partial charge in [-0.3, -0.25) is 4.98 Å². The van der Waals surface area contributed by atoms with Crippen LogP contribution in [0.25, 0.3) is 10.9 Å². The van der Waals surface area contributed by atoms with Gasteiger partial charge in [0.05, 0.1) is 22.8 Å². The Kier molecular flexibility index (Phi) is 5.51. The molecule has 0 aliphatic carbocycles. The molecular weight excluding hydrogens is 409 g/mol. The zero-order chi connectivity index (χ0) is 20.4. The van der Waals surface area contributed by atoms with E-state index in [1.807, 2.05) is 30.3 Å². The van der Waals surface area contributed by atoms with Gasteiger partial charge in [0, 0.05) is 42.6 Å². The molecule has 0 amide bonds. The zero-order valence-electron chi connectivity index (χ0n) is 15.7. The fourth-order valence-corrected chi connectivity index (χ4v) is 3.82. The maximum absolute atomic E-state index is 9.99. The van der Waals surface area contributed by atoms with Gasteiger partial charge in [-0.1, -0.05) is 35.3 Å². The molecule has 4 aromatic rings. The molecule has 2 heterocycles. The number of anilines is 1. The van der Waals surface area contributed by atoms with Gasteiger partial charge in [-0.15, -0.1) is 0 Å². The lowest BCUT2D eigenvalue weighted by Gasteiger charge is -2.09. The van der Waals surface area contributed by atoms with Gasteiger partial charge in [-0.05, 0) is 41.5 Å². The summed E-state index contributed by atoms with van der Waals surface area (Å²) in [7, 11) is 1.65. The Balaban J connectivity index is 1.66. The van der Waals surface area contributed by atoms with E-state index in [9.17, 15) is 5.11 Å². The third-order valence-electron chi connectivity index (χ3n) is 4.77. The first-order valence-electron chi connectivity index (χ1n) is 9.01. The van der Waals surface area contributed by atoms with Gasteiger partial charge in [-0.25, -0.2) is 0 Å². The molecule has 2 N–H and O–H groups in total. The third-order valence-corrected chi connectivity index (χ3v) is 5.34. The number of phenolic OH excluding ortho intramolecular Hbond substituents is 1. The molecule has 4 rings (SSSR count). The van der Waals surface area contributed by atoms with E-state index < -0.39 is 0 Å². The molecule has 0 saturated heterocycles. The second kappa shape index (κ2) is 8.23. The first-order valence-corrected chi connectivity index (χ1v) is 9.77. The largest absolute Gasteiger partial charge is 0.508 e. The van der Waals surface area contributed by atoms with Crippen molar-refractivity contribution >= 4 is 39.8 Å². The van der Waals surface area contributed by atoms with Gasteiger partial charge in [0.2, 0.25) is 0 Å². The molecule has 29 heavy (non-hydrogen) atoms. The van der Waals surface area contributed by atoms with E-state index >= 15 is 0 Å². The molecule has 7 heteroatoms. The smallest absolute Gasteiger partial charge is 0.118 e. The quantitative estimate of drug-likeness (QED) is 0.413. The lowest BCUT2D eigenvalue weighted by molar-refractivity contribution is 0.414. The van der Waals surface area contributed by atoms with Gasteiger partial charge >= 0.3 is 0 Å². The van der Waals surface area contributed by atoms with Crippen molar-refractivity contribution in [2.75, 3.05) is 12.4 Å². The zero-order valence-corrected chi connectivity index (χ0v) is 17.2. The molecule has 0 aliphatic heterocycles. The molecule has 0 unspecified atom stereocenters. The Hall–Kier alpha value is -2.89. The highest BCUT2D eigenvalue weighted by Crippen LogP contribution is 2.31. The van der Waals surface area contributed by atoms with Crippen molar-refractivity contribution in [1.29, 1.82) is 0 Å². The number of pyridine rings is 1. The number of ether oxygens (including phenoxy) is 1. The lowest BCUT2D eigenvalue weighted by atomic mass is 10.1. The van der Waals surface area contributed by atoms with E-state index in [4.69, 9.17) is 27.9 Å². The standard InChI is InChI=1S/C22H19Cl2N3O2/c1-29-17-5-2-14(3-6-17)12-27-13-15(18-8-16(28)4-7-21(18)27)9-26-22-19(23)10-25-11-20(22)24/h2-8,10-11,13,28H,9,12H2,1H3,(H,25,26). The molecule has 2 aromatic carbocycles. The number of hydrogen-bond donors (Lipinski definition) is 2. The molecule has 0 bridgehead atoms. The molecule has 0 fully saturated rings. The molecule has 0 saturated carbocycles. The predicted molar refractivity (Wildman–Crippen MR) is 117 cm³/mol. The number of fused-ring (bicyclic) bond motifs is 1. The number of rotatable bonds is 6. The van der Waals surface area contributed by atoms with Gasteiger partial charge in [0.25, 0.3) is 0 Å². The fraction of sp³-hybridized carbons (Fsp3) is 0.136. The highest BCUT2D eigenvalue weighted by molar-refractivity contribution is 6.38. The summed E-state index contributed by atoms with van der Waals surface area (Å²) in [5.41, 5.74) is 3.84. The van der Waals surface area contributed by atoms with Gasteiger partial charge in [-0.2, -0.15) is 0 Å². The molecule has 0 atom stereocenters. The Labute approximate surface area is 178 Å². The number of hydrogen-bond acceptors (Lipinski definition) is 4. The number of nitrogens with zero attached hydrogens (tertiary/aromatic N) is 2. The summed E-state index contributed by atoms with van der Waals surface area (Å²) in [5, 5.41) is 15.2. The van der Waals surface area contributed by atoms with E-state index in [1.165, 1.54) is 0 Å². The lowest BCUT2D eigenvalue weighted by Crippen LogP contribution is -2.01. The van der Waals surface area contributed by atoms with Crippen LogP contribution in [-0.2, 0) is 13.1 Å². The van der Waals surface area contributed by atoms with Crippen molar-refractivity contribution in [2.45, 2.75) is 13.1 Å². The van der Waals surface area contributed by atoms with Crippen molar-refractivity contribution in [3.63, 3.8) is 0 Å². The summed E-state index contributed by atoms with van der Waals surface area (Å²) in [4.78, 5) is 3.97. The van der Waals surface area contributed by atoms with Crippen molar-refractivity contribution in [3.8, 4) is 11.5 Å². The van der Waals surface area contributed by atoms with E-state index in [-0.39, 0.29) is 5.75 Å². The molecule has 5 nitrogen and oxygen atoms in total. The van der Waals surface area contributed by atoms with Gasteiger partial charge in [0.15, 0.2) is 0 Å². The summed E-state index contributed by atoms with van der Waals surface area (Å²) in [6.45, 7) is 1.20. The van der Waals surface area contributed by atoms with Crippen LogP contribution in [0.1, 0.15) is 11.1 Å². The summed E-state index contributed by atoms with van der Waals surface area (Å²) >= 11 is 12.4. The third kappa shape index (κ3) is 4.11. The highest BCUT2D eigenvalue weighted by Gasteiger charge is 2.12. The monoisotopic (exact) mass is 427 g/mol. The van der Waals surface area contributed by atoms with E-state index in [2.05, 4.69) is 21.1 Å². The molecular formula is C22H19Cl2N3O2. The fourth-order valence-electron chi connectivity index (χ4n) is 3.32. The van der Waals surface area contributed by atoms with Crippen LogP contribution in [0.4, 0.5) is 5.69 Å². The van der Waals surface area contributed by atoms with Gasteiger partial charge in [0.1, 0.15) is 11.5 Å². The Morgan fingerprint density at radius 1 is 1.07 bits per heavy atom. The van der Waals surface area contributed by atoms with Crippen molar-refractivity contribution in [2.24, 2.45) is 0 Å². The number of nitrogens with one attached hydrogen (secondary N) is 1. The number of benzene rings is 2. The first-order chi connectivity index (χ1) is 14.0.